The Morgan fingerprint density at radius 2 is 1.77 bits per heavy atom. The first kappa shape index (κ1) is 16.6. The van der Waals surface area contributed by atoms with Gasteiger partial charge >= 0.3 is 18.0 Å². The van der Waals surface area contributed by atoms with E-state index in [0.717, 1.165) is 0 Å². The van der Waals surface area contributed by atoms with Gasteiger partial charge in [0.2, 0.25) is 0 Å². The Hall–Kier alpha value is -1.79. The monoisotopic (exact) mass is 312 g/mol. The van der Waals surface area contributed by atoms with Crippen LogP contribution < -0.4 is 5.32 Å². The van der Waals surface area contributed by atoms with Crippen molar-refractivity contribution < 1.29 is 24.2 Å². The van der Waals surface area contributed by atoms with Crippen LogP contribution >= 0.6 is 0 Å². The lowest BCUT2D eigenvalue weighted by Gasteiger charge is -2.28. The van der Waals surface area contributed by atoms with E-state index < -0.39 is 5.97 Å². The fraction of sp³-hybridized carbons (Fsp3) is 0.800. The molecule has 124 valence electrons. The van der Waals surface area contributed by atoms with E-state index in [1.54, 1.807) is 4.90 Å². The van der Waals surface area contributed by atoms with E-state index in [0.29, 0.717) is 38.8 Å². The van der Waals surface area contributed by atoms with E-state index in [-0.39, 0.29) is 35.8 Å². The normalized spacial score (nSPS) is 31.6. The topological polar surface area (TPSA) is 95.9 Å². The summed E-state index contributed by atoms with van der Waals surface area (Å²) < 4.78 is 4.76. The van der Waals surface area contributed by atoms with Gasteiger partial charge in [-0.3, -0.25) is 9.59 Å². The lowest BCUT2D eigenvalue weighted by atomic mass is 9.86. The van der Waals surface area contributed by atoms with Gasteiger partial charge in [0.05, 0.1) is 18.9 Å². The van der Waals surface area contributed by atoms with Crippen LogP contribution in [-0.2, 0) is 14.3 Å². The van der Waals surface area contributed by atoms with E-state index in [4.69, 9.17) is 9.84 Å². The molecule has 7 heteroatoms. The lowest BCUT2D eigenvalue weighted by molar-refractivity contribution is -0.146. The zero-order valence-corrected chi connectivity index (χ0v) is 13.1. The fourth-order valence-electron chi connectivity index (χ4n) is 3.34. The Labute approximate surface area is 130 Å². The molecule has 2 N–H and O–H groups in total. The summed E-state index contributed by atoms with van der Waals surface area (Å²) in [6, 6.07) is -0.146. The van der Waals surface area contributed by atoms with Crippen LogP contribution in [0.4, 0.5) is 4.79 Å². The molecule has 1 saturated heterocycles. The van der Waals surface area contributed by atoms with Gasteiger partial charge in [-0.25, -0.2) is 4.79 Å². The third-order valence-corrected chi connectivity index (χ3v) is 4.81. The second-order valence-electron chi connectivity index (χ2n) is 6.35. The minimum atomic E-state index is -0.751. The summed E-state index contributed by atoms with van der Waals surface area (Å²) in [5, 5.41) is 11.9. The molecule has 1 aliphatic carbocycles. The second kappa shape index (κ2) is 6.98. The zero-order valence-electron chi connectivity index (χ0n) is 13.1. The highest BCUT2D eigenvalue weighted by atomic mass is 16.5. The van der Waals surface area contributed by atoms with Crippen molar-refractivity contribution in [1.82, 2.24) is 10.2 Å². The molecule has 0 radical (unpaired) electrons. The molecule has 1 saturated carbocycles. The first-order chi connectivity index (χ1) is 10.4. The number of urea groups is 1. The molecule has 2 fully saturated rings. The maximum atomic E-state index is 12.3. The highest BCUT2D eigenvalue weighted by molar-refractivity contribution is 5.78. The molecule has 2 atom stereocenters. The Balaban J connectivity index is 1.81. The van der Waals surface area contributed by atoms with Crippen molar-refractivity contribution in [2.75, 3.05) is 20.2 Å². The Kier molecular flexibility index (Phi) is 5.26. The van der Waals surface area contributed by atoms with E-state index in [2.05, 4.69) is 5.32 Å². The second-order valence-corrected chi connectivity index (χ2v) is 6.35. The van der Waals surface area contributed by atoms with Crippen molar-refractivity contribution in [3.8, 4) is 0 Å². The van der Waals surface area contributed by atoms with Gasteiger partial charge in [0.1, 0.15) is 0 Å². The summed E-state index contributed by atoms with van der Waals surface area (Å²) >= 11 is 0. The van der Waals surface area contributed by atoms with Crippen molar-refractivity contribution in [2.45, 2.75) is 38.6 Å². The molecule has 0 spiro atoms. The number of likely N-dealkylation sites (tertiary alicyclic amines) is 1. The fourth-order valence-corrected chi connectivity index (χ4v) is 3.34. The molecule has 22 heavy (non-hydrogen) atoms. The number of aliphatic carboxylic acids is 1. The van der Waals surface area contributed by atoms with Crippen molar-refractivity contribution in [1.29, 1.82) is 0 Å². The molecule has 7 nitrogen and oxygen atoms in total. The number of carbonyl (C=O) groups is 3. The summed E-state index contributed by atoms with van der Waals surface area (Å²) in [5.74, 6) is -1.49. The SMILES string of the molecule is COC(=O)[C@@H]1CN(C(=O)NC2CCC(C(=O)O)CC2)C[C@H]1C. The van der Waals surface area contributed by atoms with Gasteiger partial charge in [-0.15, -0.1) is 0 Å². The van der Waals surface area contributed by atoms with Crippen LogP contribution in [0.1, 0.15) is 32.6 Å². The molecule has 0 aromatic carbocycles. The molecular formula is C15H24N2O5. The smallest absolute Gasteiger partial charge is 0.317 e. The number of hydrogen-bond donors (Lipinski definition) is 2. The van der Waals surface area contributed by atoms with Crippen LogP contribution in [0.25, 0.3) is 0 Å². The lowest BCUT2D eigenvalue weighted by Crippen LogP contribution is -2.45. The van der Waals surface area contributed by atoms with Crippen LogP contribution in [0.2, 0.25) is 0 Å². The Morgan fingerprint density at radius 3 is 2.32 bits per heavy atom. The molecule has 0 aromatic rings. The molecule has 1 heterocycles. The first-order valence-electron chi connectivity index (χ1n) is 7.78. The molecule has 2 aliphatic rings. The molecule has 1 aliphatic heterocycles. The van der Waals surface area contributed by atoms with Crippen LogP contribution in [0.15, 0.2) is 0 Å². The van der Waals surface area contributed by atoms with E-state index in [9.17, 15) is 14.4 Å². The van der Waals surface area contributed by atoms with Crippen molar-refractivity contribution in [3.05, 3.63) is 0 Å². The minimum absolute atomic E-state index is 0.0237. The molecular weight excluding hydrogens is 288 g/mol. The van der Waals surface area contributed by atoms with E-state index in [1.807, 2.05) is 6.92 Å². The number of hydrogen-bond acceptors (Lipinski definition) is 4. The third kappa shape index (κ3) is 3.69. The Morgan fingerprint density at radius 1 is 1.14 bits per heavy atom. The van der Waals surface area contributed by atoms with Crippen LogP contribution in [0.5, 0.6) is 0 Å². The average Bonchev–Trinajstić information content (AvgIpc) is 2.89. The molecule has 0 unspecified atom stereocenters. The maximum Gasteiger partial charge on any atom is 0.317 e. The average molecular weight is 312 g/mol. The van der Waals surface area contributed by atoms with Crippen molar-refractivity contribution in [3.63, 3.8) is 0 Å². The van der Waals surface area contributed by atoms with Crippen LogP contribution in [0, 0.1) is 17.8 Å². The van der Waals surface area contributed by atoms with E-state index in [1.165, 1.54) is 7.11 Å². The zero-order chi connectivity index (χ0) is 16.3. The van der Waals surface area contributed by atoms with Gasteiger partial charge in [-0.05, 0) is 31.6 Å². The quantitative estimate of drug-likeness (QED) is 0.760. The van der Waals surface area contributed by atoms with Gasteiger partial charge in [0.15, 0.2) is 0 Å². The molecule has 2 amide bonds. The predicted octanol–water partition coefficient (Wildman–Crippen LogP) is 1.08. The summed E-state index contributed by atoms with van der Waals surface area (Å²) in [5.41, 5.74) is 0. The van der Waals surface area contributed by atoms with Gasteiger partial charge in [-0.1, -0.05) is 6.92 Å². The highest BCUT2D eigenvalue weighted by Gasteiger charge is 2.38. The number of amides is 2. The number of carbonyl (C=O) groups excluding carboxylic acids is 2. The highest BCUT2D eigenvalue weighted by Crippen LogP contribution is 2.26. The van der Waals surface area contributed by atoms with Crippen LogP contribution in [0.3, 0.4) is 0 Å². The number of carboxylic acids is 1. The summed E-state index contributed by atoms with van der Waals surface area (Å²) in [7, 11) is 1.36. The van der Waals surface area contributed by atoms with Crippen LogP contribution in [-0.4, -0.2) is 54.2 Å². The van der Waals surface area contributed by atoms with E-state index >= 15 is 0 Å². The van der Waals surface area contributed by atoms with Gasteiger partial charge in [0, 0.05) is 19.1 Å². The summed E-state index contributed by atoms with van der Waals surface area (Å²) in [6.07, 6.45) is 2.57. The first-order valence-corrected chi connectivity index (χ1v) is 7.78. The number of rotatable bonds is 3. The van der Waals surface area contributed by atoms with Crippen molar-refractivity contribution >= 4 is 18.0 Å². The number of nitrogens with one attached hydrogen (secondary N) is 1. The predicted molar refractivity (Wildman–Crippen MR) is 78.2 cm³/mol. The molecule has 0 bridgehead atoms. The number of esters is 1. The van der Waals surface area contributed by atoms with Gasteiger partial charge < -0.3 is 20.1 Å². The number of nitrogens with zero attached hydrogens (tertiary/aromatic N) is 1. The molecule has 0 aromatic heterocycles. The Bertz CT molecular complexity index is 445. The maximum absolute atomic E-state index is 12.3. The molecule has 2 rings (SSSR count). The van der Waals surface area contributed by atoms with Gasteiger partial charge in [-0.2, -0.15) is 0 Å². The minimum Gasteiger partial charge on any atom is -0.481 e. The summed E-state index contributed by atoms with van der Waals surface area (Å²) in [6.45, 7) is 2.85. The third-order valence-electron chi connectivity index (χ3n) is 4.81. The van der Waals surface area contributed by atoms with Gasteiger partial charge in [0.25, 0.3) is 0 Å². The summed E-state index contributed by atoms with van der Waals surface area (Å²) in [4.78, 5) is 36.5. The number of ether oxygens (including phenoxy) is 1. The standard InChI is InChI=1S/C15H24N2O5/c1-9-7-17(8-12(9)14(20)22-2)15(21)16-11-5-3-10(4-6-11)13(18)19/h9-12H,3-8H2,1-2H3,(H,16,21)(H,18,19)/t9-,10?,11?,12-/m1/s1. The van der Waals surface area contributed by atoms with Crippen molar-refractivity contribution in [2.24, 2.45) is 17.8 Å². The number of methoxy groups -OCH3 is 1. The number of carboxylic acid groups (broad SMARTS) is 1. The largest absolute Gasteiger partial charge is 0.481 e.